The van der Waals surface area contributed by atoms with Crippen LogP contribution in [0.2, 0.25) is 0 Å². The quantitative estimate of drug-likeness (QED) is 0.772. The van der Waals surface area contributed by atoms with Crippen LogP contribution in [-0.2, 0) is 11.3 Å². The minimum atomic E-state index is -1.08. The van der Waals surface area contributed by atoms with E-state index in [0.717, 1.165) is 31.7 Å². The molecular weight excluding hydrogens is 338 g/mol. The summed E-state index contributed by atoms with van der Waals surface area (Å²) in [6, 6.07) is 3.55. The number of anilines is 1. The Morgan fingerprint density at radius 3 is 2.88 bits per heavy atom. The zero-order chi connectivity index (χ0) is 18.5. The van der Waals surface area contributed by atoms with E-state index in [1.807, 2.05) is 6.07 Å². The Bertz CT molecular complexity index is 774. The number of aromatic carboxylic acids is 1. The molecule has 0 saturated carbocycles. The van der Waals surface area contributed by atoms with Gasteiger partial charge in [0.1, 0.15) is 5.82 Å². The van der Waals surface area contributed by atoms with Crippen LogP contribution in [0.1, 0.15) is 40.6 Å². The van der Waals surface area contributed by atoms with Crippen molar-refractivity contribution < 1.29 is 19.4 Å². The first-order chi connectivity index (χ1) is 12.6. The number of rotatable bonds is 6. The highest BCUT2D eigenvalue weighted by atomic mass is 16.5. The minimum absolute atomic E-state index is 0.0473. The van der Waals surface area contributed by atoms with Crippen LogP contribution in [0.4, 0.5) is 5.82 Å². The SMILES string of the molecule is CCOC(=O)c1ccc(N2CCC[C@H](Cn3cc(C(=O)O)nn3)C2)nc1. The normalized spacial score (nSPS) is 17.1. The maximum atomic E-state index is 11.7. The van der Waals surface area contributed by atoms with Gasteiger partial charge >= 0.3 is 11.9 Å². The lowest BCUT2D eigenvalue weighted by atomic mass is 9.98. The molecule has 0 radical (unpaired) electrons. The van der Waals surface area contributed by atoms with E-state index in [-0.39, 0.29) is 11.7 Å². The van der Waals surface area contributed by atoms with Crippen molar-refractivity contribution in [1.82, 2.24) is 20.0 Å². The van der Waals surface area contributed by atoms with Gasteiger partial charge in [-0.2, -0.15) is 0 Å². The maximum absolute atomic E-state index is 11.7. The van der Waals surface area contributed by atoms with E-state index in [1.54, 1.807) is 17.7 Å². The monoisotopic (exact) mass is 359 g/mol. The van der Waals surface area contributed by atoms with E-state index < -0.39 is 5.97 Å². The van der Waals surface area contributed by atoms with E-state index in [1.165, 1.54) is 12.4 Å². The second-order valence-corrected chi connectivity index (χ2v) is 6.21. The van der Waals surface area contributed by atoms with Crippen molar-refractivity contribution in [2.24, 2.45) is 5.92 Å². The summed E-state index contributed by atoms with van der Waals surface area (Å²) in [4.78, 5) is 29.2. The molecule has 1 atom stereocenters. The number of esters is 1. The van der Waals surface area contributed by atoms with Crippen molar-refractivity contribution in [1.29, 1.82) is 0 Å². The largest absolute Gasteiger partial charge is 0.476 e. The fourth-order valence-electron chi connectivity index (χ4n) is 3.08. The number of carboxylic acid groups (broad SMARTS) is 1. The highest BCUT2D eigenvalue weighted by Crippen LogP contribution is 2.23. The van der Waals surface area contributed by atoms with Gasteiger partial charge in [0.05, 0.1) is 18.4 Å². The first kappa shape index (κ1) is 17.8. The lowest BCUT2D eigenvalue weighted by Crippen LogP contribution is -2.37. The zero-order valence-corrected chi connectivity index (χ0v) is 14.5. The van der Waals surface area contributed by atoms with Crippen LogP contribution in [0.5, 0.6) is 0 Å². The molecule has 3 heterocycles. The molecule has 1 N–H and O–H groups in total. The summed E-state index contributed by atoms with van der Waals surface area (Å²) >= 11 is 0. The molecule has 1 saturated heterocycles. The molecule has 0 bridgehead atoms. The Balaban J connectivity index is 1.62. The summed E-state index contributed by atoms with van der Waals surface area (Å²) in [5.41, 5.74) is 0.391. The number of piperidine rings is 1. The molecule has 3 rings (SSSR count). The Kier molecular flexibility index (Phi) is 5.45. The van der Waals surface area contributed by atoms with Crippen LogP contribution >= 0.6 is 0 Å². The van der Waals surface area contributed by atoms with Gasteiger partial charge in [-0.3, -0.25) is 4.68 Å². The van der Waals surface area contributed by atoms with Gasteiger partial charge in [-0.15, -0.1) is 5.10 Å². The summed E-state index contributed by atoms with van der Waals surface area (Å²) in [6.45, 7) is 4.38. The number of carboxylic acids is 1. The van der Waals surface area contributed by atoms with Crippen molar-refractivity contribution in [3.63, 3.8) is 0 Å². The van der Waals surface area contributed by atoms with E-state index in [4.69, 9.17) is 9.84 Å². The minimum Gasteiger partial charge on any atom is -0.476 e. The lowest BCUT2D eigenvalue weighted by molar-refractivity contribution is 0.0525. The molecule has 1 aliphatic rings. The molecule has 0 aromatic carbocycles. The molecule has 9 nitrogen and oxygen atoms in total. The third-order valence-electron chi connectivity index (χ3n) is 4.31. The van der Waals surface area contributed by atoms with Gasteiger partial charge in [-0.05, 0) is 37.8 Å². The topological polar surface area (TPSA) is 110 Å². The molecule has 1 aliphatic heterocycles. The lowest BCUT2D eigenvalue weighted by Gasteiger charge is -2.33. The molecule has 0 amide bonds. The van der Waals surface area contributed by atoms with Gasteiger partial charge in [0, 0.05) is 25.8 Å². The number of nitrogens with zero attached hydrogens (tertiary/aromatic N) is 5. The van der Waals surface area contributed by atoms with Crippen LogP contribution in [0.3, 0.4) is 0 Å². The molecule has 26 heavy (non-hydrogen) atoms. The highest BCUT2D eigenvalue weighted by molar-refractivity contribution is 5.89. The van der Waals surface area contributed by atoms with Crippen LogP contribution in [0.15, 0.2) is 24.5 Å². The molecule has 9 heteroatoms. The molecule has 0 aliphatic carbocycles. The van der Waals surface area contributed by atoms with Crippen molar-refractivity contribution in [2.45, 2.75) is 26.3 Å². The average Bonchev–Trinajstić information content (AvgIpc) is 3.11. The molecule has 1 fully saturated rings. The van der Waals surface area contributed by atoms with Crippen LogP contribution in [0.25, 0.3) is 0 Å². The van der Waals surface area contributed by atoms with Gasteiger partial charge in [0.15, 0.2) is 5.69 Å². The number of carbonyl (C=O) groups excluding carboxylic acids is 1. The summed E-state index contributed by atoms with van der Waals surface area (Å²) in [5.74, 6) is -0.318. The predicted molar refractivity (Wildman–Crippen MR) is 92.1 cm³/mol. The Morgan fingerprint density at radius 1 is 1.38 bits per heavy atom. The van der Waals surface area contributed by atoms with Gasteiger partial charge in [-0.1, -0.05) is 5.21 Å². The second kappa shape index (κ2) is 7.94. The molecular formula is C17H21N5O4. The summed E-state index contributed by atoms with van der Waals surface area (Å²) in [7, 11) is 0. The van der Waals surface area contributed by atoms with E-state index >= 15 is 0 Å². The van der Waals surface area contributed by atoms with Gasteiger partial charge in [-0.25, -0.2) is 14.6 Å². The first-order valence-electron chi connectivity index (χ1n) is 8.58. The van der Waals surface area contributed by atoms with E-state index in [2.05, 4.69) is 20.2 Å². The Morgan fingerprint density at radius 2 is 2.23 bits per heavy atom. The van der Waals surface area contributed by atoms with Crippen molar-refractivity contribution in [2.75, 3.05) is 24.6 Å². The average molecular weight is 359 g/mol. The maximum Gasteiger partial charge on any atom is 0.358 e. The summed E-state index contributed by atoms with van der Waals surface area (Å²) in [5, 5.41) is 16.4. The number of ether oxygens (including phenoxy) is 1. The van der Waals surface area contributed by atoms with Crippen molar-refractivity contribution in [3.05, 3.63) is 35.8 Å². The number of aromatic nitrogens is 4. The predicted octanol–water partition coefficient (Wildman–Crippen LogP) is 1.46. The number of carbonyl (C=O) groups is 2. The Hall–Kier alpha value is -2.97. The number of hydrogen-bond acceptors (Lipinski definition) is 7. The van der Waals surface area contributed by atoms with Crippen molar-refractivity contribution >= 4 is 17.8 Å². The van der Waals surface area contributed by atoms with Gasteiger partial charge in [0.25, 0.3) is 0 Å². The van der Waals surface area contributed by atoms with E-state index in [9.17, 15) is 9.59 Å². The smallest absolute Gasteiger partial charge is 0.358 e. The third-order valence-corrected chi connectivity index (χ3v) is 4.31. The standard InChI is InChI=1S/C17H21N5O4/c1-2-26-17(25)13-5-6-15(18-8-13)21-7-3-4-12(9-21)10-22-11-14(16(23)24)19-20-22/h5-6,8,11-12H,2-4,7,9-10H2,1H3,(H,23,24)/t12-/m0/s1. The first-order valence-corrected chi connectivity index (χ1v) is 8.58. The van der Waals surface area contributed by atoms with Gasteiger partial charge in [0.2, 0.25) is 0 Å². The van der Waals surface area contributed by atoms with Crippen molar-refractivity contribution in [3.8, 4) is 0 Å². The fraction of sp³-hybridized carbons (Fsp3) is 0.471. The van der Waals surface area contributed by atoms with Crippen LogP contribution < -0.4 is 4.90 Å². The Labute approximate surface area is 150 Å². The summed E-state index contributed by atoms with van der Waals surface area (Å²) < 4.78 is 6.54. The van der Waals surface area contributed by atoms with Crippen LogP contribution in [-0.4, -0.2) is 56.7 Å². The molecule has 0 unspecified atom stereocenters. The molecule has 2 aromatic rings. The van der Waals surface area contributed by atoms with Gasteiger partial charge < -0.3 is 14.7 Å². The number of pyridine rings is 1. The molecule has 0 spiro atoms. The third kappa shape index (κ3) is 4.16. The second-order valence-electron chi connectivity index (χ2n) is 6.21. The highest BCUT2D eigenvalue weighted by Gasteiger charge is 2.22. The molecule has 138 valence electrons. The number of hydrogen-bond donors (Lipinski definition) is 1. The van der Waals surface area contributed by atoms with E-state index in [0.29, 0.717) is 24.6 Å². The zero-order valence-electron chi connectivity index (χ0n) is 14.5. The summed E-state index contributed by atoms with van der Waals surface area (Å²) in [6.07, 6.45) is 5.02. The molecule has 2 aromatic heterocycles. The van der Waals surface area contributed by atoms with Crippen LogP contribution in [0, 0.1) is 5.92 Å². The fourth-order valence-corrected chi connectivity index (χ4v) is 3.08.